The van der Waals surface area contributed by atoms with Crippen molar-refractivity contribution in [3.05, 3.63) is 0 Å². The summed E-state index contributed by atoms with van der Waals surface area (Å²) in [4.78, 5) is 24.9. The van der Waals surface area contributed by atoms with Gasteiger partial charge in [-0.05, 0) is 6.42 Å². The Morgan fingerprint density at radius 3 is 2.88 bits per heavy atom. The van der Waals surface area contributed by atoms with Crippen LogP contribution in [0.25, 0.3) is 0 Å². The van der Waals surface area contributed by atoms with Crippen molar-refractivity contribution in [3.8, 4) is 0 Å². The molecule has 6 heteroatoms. The lowest BCUT2D eigenvalue weighted by Crippen LogP contribution is -2.51. The second-order valence-electron chi connectivity index (χ2n) is 4.83. The van der Waals surface area contributed by atoms with Crippen LogP contribution in [-0.4, -0.2) is 55.6 Å². The third kappa shape index (κ3) is 2.76. The molecule has 2 aliphatic heterocycles. The predicted molar refractivity (Wildman–Crippen MR) is 61.1 cm³/mol. The number of carbonyl (C=O) groups is 2. The number of nitrogens with two attached hydrogens (primary N) is 1. The molecule has 2 rings (SSSR count). The summed E-state index contributed by atoms with van der Waals surface area (Å²) in [5.41, 5.74) is 5.78. The molecule has 0 aromatic heterocycles. The lowest BCUT2D eigenvalue weighted by molar-refractivity contribution is -0.134. The minimum atomic E-state index is -0.252. The first-order valence-electron chi connectivity index (χ1n) is 5.95. The van der Waals surface area contributed by atoms with Gasteiger partial charge in [-0.2, -0.15) is 0 Å². The summed E-state index contributed by atoms with van der Waals surface area (Å²) in [6.45, 7) is 1.42. The maximum absolute atomic E-state index is 11.9. The molecule has 3 N–H and O–H groups in total. The summed E-state index contributed by atoms with van der Waals surface area (Å²) in [6.07, 6.45) is 1.20. The molecule has 2 amide bonds. The van der Waals surface area contributed by atoms with E-state index in [0.717, 1.165) is 0 Å². The van der Waals surface area contributed by atoms with E-state index in [4.69, 9.17) is 10.5 Å². The number of likely N-dealkylation sites (tertiary alicyclic amines) is 1. The molecule has 2 fully saturated rings. The Bertz CT molecular complexity index is 321. The fraction of sp³-hybridized carbons (Fsp3) is 0.818. The molecule has 3 unspecified atom stereocenters. The van der Waals surface area contributed by atoms with Gasteiger partial charge in [0.1, 0.15) is 0 Å². The van der Waals surface area contributed by atoms with Crippen molar-refractivity contribution in [2.45, 2.75) is 24.9 Å². The van der Waals surface area contributed by atoms with Crippen LogP contribution in [0.1, 0.15) is 12.8 Å². The molecule has 0 aromatic rings. The Balaban J connectivity index is 1.84. The topological polar surface area (TPSA) is 84.7 Å². The van der Waals surface area contributed by atoms with Gasteiger partial charge in [0.2, 0.25) is 11.8 Å². The number of nitrogens with one attached hydrogen (secondary N) is 1. The highest BCUT2D eigenvalue weighted by Crippen LogP contribution is 2.14. The largest absolute Gasteiger partial charge is 0.379 e. The highest BCUT2D eigenvalue weighted by molar-refractivity contribution is 5.81. The molecule has 0 bridgehead atoms. The highest BCUT2D eigenvalue weighted by atomic mass is 16.5. The van der Waals surface area contributed by atoms with Crippen molar-refractivity contribution in [2.24, 2.45) is 11.7 Å². The molecule has 2 saturated heterocycles. The van der Waals surface area contributed by atoms with E-state index in [2.05, 4.69) is 5.32 Å². The van der Waals surface area contributed by atoms with E-state index in [-0.39, 0.29) is 29.8 Å². The van der Waals surface area contributed by atoms with Crippen LogP contribution in [0.2, 0.25) is 0 Å². The molecular weight excluding hydrogens is 222 g/mol. The van der Waals surface area contributed by atoms with Crippen molar-refractivity contribution in [1.82, 2.24) is 10.2 Å². The molecule has 2 aliphatic rings. The van der Waals surface area contributed by atoms with Crippen molar-refractivity contribution in [1.29, 1.82) is 0 Å². The van der Waals surface area contributed by atoms with Crippen LogP contribution in [-0.2, 0) is 14.3 Å². The lowest BCUT2D eigenvalue weighted by atomic mass is 10.0. The Morgan fingerprint density at radius 2 is 2.29 bits per heavy atom. The van der Waals surface area contributed by atoms with Crippen LogP contribution < -0.4 is 11.1 Å². The van der Waals surface area contributed by atoms with Gasteiger partial charge in [0.25, 0.3) is 0 Å². The quantitative estimate of drug-likeness (QED) is 0.629. The summed E-state index contributed by atoms with van der Waals surface area (Å²) >= 11 is 0. The summed E-state index contributed by atoms with van der Waals surface area (Å²) in [6, 6.07) is -0.170. The first-order valence-corrected chi connectivity index (χ1v) is 5.95. The number of piperidine rings is 1. The van der Waals surface area contributed by atoms with Gasteiger partial charge in [-0.1, -0.05) is 0 Å². The molecule has 6 nitrogen and oxygen atoms in total. The number of likely N-dealkylation sites (N-methyl/N-ethyl adjacent to an activating group) is 1. The highest BCUT2D eigenvalue weighted by Gasteiger charge is 2.33. The molecule has 2 heterocycles. The van der Waals surface area contributed by atoms with Crippen molar-refractivity contribution < 1.29 is 14.3 Å². The van der Waals surface area contributed by atoms with Crippen LogP contribution in [0.5, 0.6) is 0 Å². The molecule has 17 heavy (non-hydrogen) atoms. The maximum atomic E-state index is 11.9. The average Bonchev–Trinajstić information content (AvgIpc) is 2.70. The molecule has 96 valence electrons. The summed E-state index contributed by atoms with van der Waals surface area (Å²) in [5, 5.41) is 2.95. The second kappa shape index (κ2) is 5.01. The fourth-order valence-corrected chi connectivity index (χ4v) is 2.28. The zero-order valence-corrected chi connectivity index (χ0v) is 10.0. The van der Waals surface area contributed by atoms with Gasteiger partial charge in [-0.25, -0.2) is 0 Å². The van der Waals surface area contributed by atoms with E-state index in [1.54, 1.807) is 11.9 Å². The van der Waals surface area contributed by atoms with Gasteiger partial charge in [0, 0.05) is 32.1 Å². The summed E-state index contributed by atoms with van der Waals surface area (Å²) in [5.74, 6) is -0.169. The number of hydrogen-bond donors (Lipinski definition) is 2. The van der Waals surface area contributed by atoms with Crippen molar-refractivity contribution in [3.63, 3.8) is 0 Å². The van der Waals surface area contributed by atoms with Crippen LogP contribution in [0.3, 0.4) is 0 Å². The summed E-state index contributed by atoms with van der Waals surface area (Å²) in [7, 11) is 1.76. The van der Waals surface area contributed by atoms with E-state index in [0.29, 0.717) is 32.6 Å². The van der Waals surface area contributed by atoms with Gasteiger partial charge in [-0.3, -0.25) is 9.59 Å². The number of hydrogen-bond acceptors (Lipinski definition) is 4. The van der Waals surface area contributed by atoms with Crippen LogP contribution >= 0.6 is 0 Å². The van der Waals surface area contributed by atoms with Gasteiger partial charge < -0.3 is 20.7 Å². The summed E-state index contributed by atoms with van der Waals surface area (Å²) < 4.78 is 5.17. The number of amides is 2. The molecule has 0 aromatic carbocycles. The third-order valence-electron chi connectivity index (χ3n) is 3.43. The zero-order chi connectivity index (χ0) is 12.4. The van der Waals surface area contributed by atoms with E-state index >= 15 is 0 Å². The van der Waals surface area contributed by atoms with Crippen LogP contribution in [0, 0.1) is 5.92 Å². The molecule has 0 radical (unpaired) electrons. The minimum Gasteiger partial charge on any atom is -0.379 e. The van der Waals surface area contributed by atoms with Crippen LogP contribution in [0.4, 0.5) is 0 Å². The van der Waals surface area contributed by atoms with E-state index in [9.17, 15) is 9.59 Å². The van der Waals surface area contributed by atoms with E-state index in [1.165, 1.54) is 0 Å². The van der Waals surface area contributed by atoms with Crippen LogP contribution in [0.15, 0.2) is 0 Å². The lowest BCUT2D eigenvalue weighted by Gasteiger charge is -2.31. The molecular formula is C11H19N3O3. The Kier molecular flexibility index (Phi) is 3.63. The van der Waals surface area contributed by atoms with Gasteiger partial charge in [0.05, 0.1) is 19.1 Å². The Labute approximate surface area is 100 Å². The fourth-order valence-electron chi connectivity index (χ4n) is 2.28. The predicted octanol–water partition coefficient (Wildman–Crippen LogP) is -1.30. The number of rotatable bonds is 2. The van der Waals surface area contributed by atoms with Gasteiger partial charge in [0.15, 0.2) is 0 Å². The molecule has 0 spiro atoms. The molecule has 3 atom stereocenters. The van der Waals surface area contributed by atoms with E-state index in [1.807, 2.05) is 0 Å². The standard InChI is InChI=1S/C11H19N3O3/c1-14-4-7(2-3-10(14)15)13-11(16)8-5-17-6-9(8)12/h7-9H,2-6,12H2,1H3,(H,13,16). The monoisotopic (exact) mass is 241 g/mol. The Hall–Kier alpha value is -1.14. The first-order chi connectivity index (χ1) is 8.08. The number of carbonyl (C=O) groups excluding carboxylic acids is 2. The van der Waals surface area contributed by atoms with Crippen molar-refractivity contribution >= 4 is 11.8 Å². The third-order valence-corrected chi connectivity index (χ3v) is 3.43. The average molecular weight is 241 g/mol. The van der Waals surface area contributed by atoms with E-state index < -0.39 is 0 Å². The minimum absolute atomic E-state index is 0.0398. The Morgan fingerprint density at radius 1 is 1.53 bits per heavy atom. The SMILES string of the molecule is CN1CC(NC(=O)C2COCC2N)CCC1=O. The molecule has 0 aliphatic carbocycles. The maximum Gasteiger partial charge on any atom is 0.227 e. The number of nitrogens with zero attached hydrogens (tertiary/aromatic N) is 1. The first kappa shape index (κ1) is 12.3. The smallest absolute Gasteiger partial charge is 0.227 e. The molecule has 0 saturated carbocycles. The van der Waals surface area contributed by atoms with Gasteiger partial charge in [-0.15, -0.1) is 0 Å². The normalized spacial score (nSPS) is 33.9. The van der Waals surface area contributed by atoms with Gasteiger partial charge >= 0.3 is 0 Å². The zero-order valence-electron chi connectivity index (χ0n) is 10.0. The number of ether oxygens (including phenoxy) is 1. The van der Waals surface area contributed by atoms with Crippen molar-refractivity contribution in [2.75, 3.05) is 26.8 Å². The second-order valence-corrected chi connectivity index (χ2v) is 4.83.